The van der Waals surface area contributed by atoms with Crippen LogP contribution >= 0.6 is 15.8 Å². The molecule has 0 aromatic heterocycles. The van der Waals surface area contributed by atoms with E-state index < -0.39 is 0 Å². The molecule has 4 aromatic carbocycles. The Bertz CT molecular complexity index is 1020. The highest BCUT2D eigenvalue weighted by Crippen LogP contribution is 2.57. The van der Waals surface area contributed by atoms with E-state index in [1.54, 1.807) is 21.2 Å². The Morgan fingerprint density at radius 2 is 0.686 bits per heavy atom. The first-order valence-corrected chi connectivity index (χ1v) is 16.2. The zero-order valence-corrected chi connectivity index (χ0v) is 22.1. The molecule has 6 rings (SSSR count). The second kappa shape index (κ2) is 10.8. The van der Waals surface area contributed by atoms with Gasteiger partial charge in [-0.15, -0.1) is 0 Å². The van der Waals surface area contributed by atoms with Gasteiger partial charge in [0, 0.05) is 0 Å². The van der Waals surface area contributed by atoms with Crippen LogP contribution in [-0.2, 0) is 0 Å². The van der Waals surface area contributed by atoms with Gasteiger partial charge in [-0.2, -0.15) is 0 Å². The molecule has 4 atom stereocenters. The minimum absolute atomic E-state index is 0.273. The third kappa shape index (κ3) is 5.16. The predicted molar refractivity (Wildman–Crippen MR) is 156 cm³/mol. The molecule has 0 amide bonds. The maximum absolute atomic E-state index is 2.36. The fourth-order valence-corrected chi connectivity index (χ4v) is 12.0. The van der Waals surface area contributed by atoms with E-state index in [9.17, 15) is 0 Å². The van der Waals surface area contributed by atoms with Crippen LogP contribution < -0.4 is 21.2 Å². The minimum Gasteiger partial charge on any atom is -0.0622 e. The van der Waals surface area contributed by atoms with E-state index >= 15 is 0 Å². The third-order valence-electron chi connectivity index (χ3n) is 8.26. The first kappa shape index (κ1) is 23.2. The molecule has 0 radical (unpaired) electrons. The molecule has 0 N–H and O–H groups in total. The van der Waals surface area contributed by atoms with E-state index in [0.717, 1.165) is 23.7 Å². The topological polar surface area (TPSA) is 0 Å². The Morgan fingerprint density at radius 1 is 0.400 bits per heavy atom. The highest BCUT2D eigenvalue weighted by Gasteiger charge is 2.46. The lowest BCUT2D eigenvalue weighted by Crippen LogP contribution is -2.27. The number of benzene rings is 4. The molecule has 2 bridgehead atoms. The summed E-state index contributed by atoms with van der Waals surface area (Å²) in [5, 5.41) is 6.18. The van der Waals surface area contributed by atoms with Crippen LogP contribution in [0.1, 0.15) is 19.3 Å². The van der Waals surface area contributed by atoms with E-state index in [-0.39, 0.29) is 15.8 Å². The summed E-state index contributed by atoms with van der Waals surface area (Å²) in [6.07, 6.45) is 7.09. The molecule has 176 valence electrons. The summed E-state index contributed by atoms with van der Waals surface area (Å²) < 4.78 is 0. The highest BCUT2D eigenvalue weighted by molar-refractivity contribution is 7.73. The van der Waals surface area contributed by atoms with Gasteiger partial charge in [0.05, 0.1) is 0 Å². The summed E-state index contributed by atoms with van der Waals surface area (Å²) >= 11 is 0. The molecule has 0 aliphatic heterocycles. The maximum Gasteiger partial charge on any atom is -0.0195 e. The Hall–Kier alpha value is -2.26. The lowest BCUT2D eigenvalue weighted by Gasteiger charge is -2.33. The monoisotopic (exact) mass is 492 g/mol. The van der Waals surface area contributed by atoms with Crippen LogP contribution in [0.3, 0.4) is 0 Å². The van der Waals surface area contributed by atoms with E-state index in [2.05, 4.69) is 121 Å². The van der Waals surface area contributed by atoms with Crippen molar-refractivity contribution < 1.29 is 0 Å². The average molecular weight is 493 g/mol. The van der Waals surface area contributed by atoms with Crippen LogP contribution in [0.2, 0.25) is 0 Å². The van der Waals surface area contributed by atoms with Crippen LogP contribution in [0, 0.1) is 23.7 Å². The molecular weight excluding hydrogens is 458 g/mol. The summed E-state index contributed by atoms with van der Waals surface area (Å²) in [5.74, 6) is 3.63. The van der Waals surface area contributed by atoms with Gasteiger partial charge in [-0.3, -0.25) is 0 Å². The lowest BCUT2D eigenvalue weighted by atomic mass is 9.84. The smallest absolute Gasteiger partial charge is 0.0195 e. The summed E-state index contributed by atoms with van der Waals surface area (Å²) in [4.78, 5) is 0. The van der Waals surface area contributed by atoms with E-state index in [1.807, 2.05) is 0 Å². The molecule has 0 saturated heterocycles. The predicted octanol–water partition coefficient (Wildman–Crippen LogP) is 6.91. The van der Waals surface area contributed by atoms with Crippen LogP contribution in [0.25, 0.3) is 0 Å². The van der Waals surface area contributed by atoms with Crippen molar-refractivity contribution in [1.82, 2.24) is 0 Å². The average Bonchev–Trinajstić information content (AvgIpc) is 3.52. The van der Waals surface area contributed by atoms with Gasteiger partial charge in [-0.05, 0) is 92.3 Å². The van der Waals surface area contributed by atoms with Gasteiger partial charge in [0.25, 0.3) is 0 Å². The summed E-state index contributed by atoms with van der Waals surface area (Å²) in [6.45, 7) is 0. The zero-order valence-electron chi connectivity index (χ0n) is 20.3. The largest absolute Gasteiger partial charge is 0.0622 e. The summed E-state index contributed by atoms with van der Waals surface area (Å²) in [7, 11) is -0.546. The van der Waals surface area contributed by atoms with Crippen molar-refractivity contribution in [2.75, 3.05) is 12.3 Å². The second-order valence-electron chi connectivity index (χ2n) is 10.3. The van der Waals surface area contributed by atoms with Crippen molar-refractivity contribution in [3.05, 3.63) is 121 Å². The Labute approximate surface area is 213 Å². The van der Waals surface area contributed by atoms with Crippen LogP contribution in [-0.4, -0.2) is 12.3 Å². The molecule has 0 nitrogen and oxygen atoms in total. The van der Waals surface area contributed by atoms with E-state index in [4.69, 9.17) is 0 Å². The zero-order chi connectivity index (χ0) is 23.5. The summed E-state index contributed by atoms with van der Waals surface area (Å²) in [6, 6.07) is 45.3. The Balaban J connectivity index is 1.18. The van der Waals surface area contributed by atoms with Gasteiger partial charge in [0.15, 0.2) is 0 Å². The number of hydrogen-bond donors (Lipinski definition) is 0. The Kier molecular flexibility index (Phi) is 7.13. The van der Waals surface area contributed by atoms with Crippen molar-refractivity contribution in [3.63, 3.8) is 0 Å². The lowest BCUT2D eigenvalue weighted by molar-refractivity contribution is 0.295. The molecule has 2 aliphatic carbocycles. The molecule has 2 fully saturated rings. The molecule has 2 saturated carbocycles. The van der Waals surface area contributed by atoms with Crippen molar-refractivity contribution >= 4 is 37.1 Å². The number of hydrogen-bond acceptors (Lipinski definition) is 0. The first-order valence-electron chi connectivity index (χ1n) is 13.1. The number of rotatable bonds is 8. The van der Waals surface area contributed by atoms with Crippen LogP contribution in [0.15, 0.2) is 121 Å². The fourth-order valence-electron chi connectivity index (χ4n) is 6.58. The summed E-state index contributed by atoms with van der Waals surface area (Å²) in [5.41, 5.74) is 0. The van der Waals surface area contributed by atoms with Crippen molar-refractivity contribution in [3.8, 4) is 0 Å². The van der Waals surface area contributed by atoms with E-state index in [0.29, 0.717) is 0 Å². The quantitative estimate of drug-likeness (QED) is 0.234. The molecule has 0 heterocycles. The SMILES string of the molecule is c1ccc(P(C[C@H]2C[C@@H]3C[C@H]2C[C@@H]3CP(c2ccccc2)c2ccccc2)c2ccccc2)cc1. The van der Waals surface area contributed by atoms with Crippen molar-refractivity contribution in [2.24, 2.45) is 23.7 Å². The van der Waals surface area contributed by atoms with Gasteiger partial charge in [0.1, 0.15) is 0 Å². The maximum atomic E-state index is 2.36. The molecule has 0 spiro atoms. The van der Waals surface area contributed by atoms with Gasteiger partial charge in [-0.1, -0.05) is 121 Å². The van der Waals surface area contributed by atoms with Crippen LogP contribution in [0.5, 0.6) is 0 Å². The number of fused-ring (bicyclic) bond motifs is 2. The van der Waals surface area contributed by atoms with Gasteiger partial charge in [-0.25, -0.2) is 0 Å². The van der Waals surface area contributed by atoms with Crippen molar-refractivity contribution in [1.29, 1.82) is 0 Å². The molecule has 0 unspecified atom stereocenters. The first-order chi connectivity index (χ1) is 17.3. The molecule has 2 aliphatic rings. The van der Waals surface area contributed by atoms with E-state index in [1.165, 1.54) is 31.6 Å². The molecular formula is C33H34P2. The minimum atomic E-state index is -0.273. The molecule has 2 heteroatoms. The standard InChI is InChI=1S/C33H34P2/c1-5-13-30(14-6-1)34(31-15-7-2-8-16-31)24-28-22-27-21-26(28)23-29(27)25-35(32-17-9-3-10-18-32)33-19-11-4-12-20-33/h1-20,26-29H,21-25H2/t26-,27-,28+,29+/m0/s1. The molecule has 35 heavy (non-hydrogen) atoms. The fraction of sp³-hybridized carbons (Fsp3) is 0.273. The van der Waals surface area contributed by atoms with Gasteiger partial charge < -0.3 is 0 Å². The Morgan fingerprint density at radius 3 is 0.943 bits per heavy atom. The second-order valence-corrected chi connectivity index (χ2v) is 14.8. The highest BCUT2D eigenvalue weighted by atomic mass is 31.1. The van der Waals surface area contributed by atoms with Crippen molar-refractivity contribution in [2.45, 2.75) is 19.3 Å². The van der Waals surface area contributed by atoms with Gasteiger partial charge in [0.2, 0.25) is 0 Å². The van der Waals surface area contributed by atoms with Crippen LogP contribution in [0.4, 0.5) is 0 Å². The van der Waals surface area contributed by atoms with Gasteiger partial charge >= 0.3 is 0 Å². The molecule has 4 aromatic rings. The third-order valence-corrected chi connectivity index (χ3v) is 13.6. The normalized spacial score (nSPS) is 23.3.